The van der Waals surface area contributed by atoms with Crippen molar-refractivity contribution < 1.29 is 9.53 Å². The van der Waals surface area contributed by atoms with Crippen molar-refractivity contribution in [2.24, 2.45) is 11.1 Å². The van der Waals surface area contributed by atoms with Crippen LogP contribution in [-0.2, 0) is 16.1 Å². The molecule has 0 unspecified atom stereocenters. The smallest absolute Gasteiger partial charge is 0.227 e. The molecule has 1 aliphatic heterocycles. The molecule has 1 saturated heterocycles. The molecule has 2 rings (SSSR count). The number of nitrogens with one attached hydrogen (secondary N) is 1. The van der Waals surface area contributed by atoms with E-state index in [-0.39, 0.29) is 18.3 Å². The summed E-state index contributed by atoms with van der Waals surface area (Å²) in [5, 5.41) is 3.01. The third-order valence-corrected chi connectivity index (χ3v) is 3.86. The maximum atomic E-state index is 12.4. The molecule has 20 heavy (non-hydrogen) atoms. The Balaban J connectivity index is 0.00000200. The Morgan fingerprint density at radius 3 is 2.70 bits per heavy atom. The molecule has 0 bridgehead atoms. The van der Waals surface area contributed by atoms with E-state index >= 15 is 0 Å². The summed E-state index contributed by atoms with van der Waals surface area (Å²) in [6, 6.07) is 8.15. The number of aryl methyl sites for hydroxylation is 1. The molecule has 112 valence electrons. The summed E-state index contributed by atoms with van der Waals surface area (Å²) in [5.74, 6) is 0.0554. The summed E-state index contributed by atoms with van der Waals surface area (Å²) in [7, 11) is 0. The summed E-state index contributed by atoms with van der Waals surface area (Å²) < 4.78 is 5.32. The van der Waals surface area contributed by atoms with Crippen LogP contribution in [0.15, 0.2) is 24.3 Å². The van der Waals surface area contributed by atoms with Gasteiger partial charge >= 0.3 is 0 Å². The predicted octanol–water partition coefficient (Wildman–Crippen LogP) is 1.79. The van der Waals surface area contributed by atoms with Crippen LogP contribution in [0.5, 0.6) is 0 Å². The minimum Gasteiger partial charge on any atom is -0.381 e. The second kappa shape index (κ2) is 7.62. The largest absolute Gasteiger partial charge is 0.381 e. The maximum absolute atomic E-state index is 12.4. The highest BCUT2D eigenvalue weighted by Crippen LogP contribution is 2.29. The van der Waals surface area contributed by atoms with Gasteiger partial charge in [0, 0.05) is 26.3 Å². The Hall–Kier alpha value is -1.10. The van der Waals surface area contributed by atoms with Gasteiger partial charge in [0.1, 0.15) is 0 Å². The van der Waals surface area contributed by atoms with Crippen LogP contribution < -0.4 is 11.1 Å². The molecule has 1 aromatic carbocycles. The quantitative estimate of drug-likeness (QED) is 0.891. The summed E-state index contributed by atoms with van der Waals surface area (Å²) in [4.78, 5) is 12.4. The number of ether oxygens (including phenoxy) is 1. The lowest BCUT2D eigenvalue weighted by atomic mass is 9.79. The highest BCUT2D eigenvalue weighted by molar-refractivity contribution is 5.85. The van der Waals surface area contributed by atoms with Crippen LogP contribution in [-0.4, -0.2) is 25.7 Å². The van der Waals surface area contributed by atoms with E-state index in [1.54, 1.807) is 0 Å². The third-order valence-electron chi connectivity index (χ3n) is 3.86. The first-order chi connectivity index (χ1) is 9.16. The average Bonchev–Trinajstić information content (AvgIpc) is 2.45. The number of carbonyl (C=O) groups excluding carboxylic acids is 1. The zero-order valence-electron chi connectivity index (χ0n) is 11.9. The first-order valence-corrected chi connectivity index (χ1v) is 6.78. The molecule has 1 amide bonds. The predicted molar refractivity (Wildman–Crippen MR) is 81.8 cm³/mol. The number of rotatable bonds is 4. The Bertz CT molecular complexity index is 445. The van der Waals surface area contributed by atoms with Crippen molar-refractivity contribution in [3.05, 3.63) is 35.4 Å². The molecule has 1 aliphatic rings. The second-order valence-electron chi connectivity index (χ2n) is 5.27. The highest BCUT2D eigenvalue weighted by atomic mass is 35.5. The molecular formula is C15H23ClN2O2. The molecule has 1 aromatic rings. The minimum absolute atomic E-state index is 0. The van der Waals surface area contributed by atoms with Crippen LogP contribution in [0.3, 0.4) is 0 Å². The van der Waals surface area contributed by atoms with E-state index in [0.29, 0.717) is 39.1 Å². The van der Waals surface area contributed by atoms with Crippen LogP contribution in [0.4, 0.5) is 0 Å². The second-order valence-corrected chi connectivity index (χ2v) is 5.27. The van der Waals surface area contributed by atoms with Gasteiger partial charge in [-0.25, -0.2) is 0 Å². The number of hydrogen-bond donors (Lipinski definition) is 2. The van der Waals surface area contributed by atoms with Gasteiger partial charge in [0.25, 0.3) is 0 Å². The number of nitrogens with two attached hydrogens (primary N) is 1. The molecule has 0 spiro atoms. The molecular weight excluding hydrogens is 276 g/mol. The number of amides is 1. The van der Waals surface area contributed by atoms with Crippen LogP contribution in [0.25, 0.3) is 0 Å². The fourth-order valence-electron chi connectivity index (χ4n) is 2.48. The fraction of sp³-hybridized carbons (Fsp3) is 0.533. The highest BCUT2D eigenvalue weighted by Gasteiger charge is 2.38. The van der Waals surface area contributed by atoms with E-state index in [1.165, 1.54) is 5.56 Å². The lowest BCUT2D eigenvalue weighted by Gasteiger charge is -2.34. The fourth-order valence-corrected chi connectivity index (χ4v) is 2.48. The molecule has 0 aromatic heterocycles. The first-order valence-electron chi connectivity index (χ1n) is 6.78. The number of halogens is 1. The number of benzene rings is 1. The Morgan fingerprint density at radius 1 is 1.40 bits per heavy atom. The molecule has 0 saturated carbocycles. The van der Waals surface area contributed by atoms with Crippen molar-refractivity contribution in [3.8, 4) is 0 Å². The van der Waals surface area contributed by atoms with E-state index in [2.05, 4.69) is 11.4 Å². The Kier molecular flexibility index (Phi) is 6.46. The molecule has 0 aliphatic carbocycles. The van der Waals surface area contributed by atoms with Crippen LogP contribution in [0.1, 0.15) is 24.0 Å². The third kappa shape index (κ3) is 3.95. The van der Waals surface area contributed by atoms with Crippen molar-refractivity contribution in [3.63, 3.8) is 0 Å². The molecule has 4 nitrogen and oxygen atoms in total. The monoisotopic (exact) mass is 298 g/mol. The molecule has 3 N–H and O–H groups in total. The standard InChI is InChI=1S/C15H22N2O2.ClH/c1-12-3-2-4-13(9-12)10-17-14(18)15(11-16)5-7-19-8-6-15;/h2-4,9H,5-8,10-11,16H2,1H3,(H,17,18);1H. The van der Waals surface area contributed by atoms with Gasteiger partial charge in [0.05, 0.1) is 5.41 Å². The number of carbonyl (C=O) groups is 1. The zero-order chi connectivity index (χ0) is 13.7. The lowest BCUT2D eigenvalue weighted by molar-refractivity contribution is -0.136. The van der Waals surface area contributed by atoms with Gasteiger partial charge in [-0.05, 0) is 25.3 Å². The van der Waals surface area contributed by atoms with Gasteiger partial charge in [-0.1, -0.05) is 29.8 Å². The van der Waals surface area contributed by atoms with Crippen molar-refractivity contribution in [1.29, 1.82) is 0 Å². The zero-order valence-corrected chi connectivity index (χ0v) is 12.7. The van der Waals surface area contributed by atoms with Gasteiger partial charge in [0.15, 0.2) is 0 Å². The van der Waals surface area contributed by atoms with Crippen molar-refractivity contribution in [1.82, 2.24) is 5.32 Å². The van der Waals surface area contributed by atoms with Crippen LogP contribution in [0, 0.1) is 12.3 Å². The van der Waals surface area contributed by atoms with Crippen molar-refractivity contribution in [2.45, 2.75) is 26.3 Å². The topological polar surface area (TPSA) is 64.4 Å². The Morgan fingerprint density at radius 2 is 2.10 bits per heavy atom. The molecule has 1 heterocycles. The maximum Gasteiger partial charge on any atom is 0.227 e. The molecule has 0 radical (unpaired) electrons. The minimum atomic E-state index is -0.442. The summed E-state index contributed by atoms with van der Waals surface area (Å²) >= 11 is 0. The lowest BCUT2D eigenvalue weighted by Crippen LogP contribution is -2.48. The Labute approximate surface area is 126 Å². The van der Waals surface area contributed by atoms with Crippen molar-refractivity contribution in [2.75, 3.05) is 19.8 Å². The molecule has 1 fully saturated rings. The average molecular weight is 299 g/mol. The van der Waals surface area contributed by atoms with Crippen LogP contribution in [0.2, 0.25) is 0 Å². The molecule has 0 atom stereocenters. The van der Waals surface area contributed by atoms with Crippen molar-refractivity contribution >= 4 is 18.3 Å². The molecule has 5 heteroatoms. The van der Waals surface area contributed by atoms with E-state index in [1.807, 2.05) is 25.1 Å². The summed E-state index contributed by atoms with van der Waals surface area (Å²) in [6.45, 7) is 4.23. The van der Waals surface area contributed by atoms with Crippen LogP contribution >= 0.6 is 12.4 Å². The van der Waals surface area contributed by atoms with Gasteiger partial charge in [-0.2, -0.15) is 0 Å². The number of hydrogen-bond acceptors (Lipinski definition) is 3. The van der Waals surface area contributed by atoms with E-state index < -0.39 is 5.41 Å². The van der Waals surface area contributed by atoms with Gasteiger partial charge in [-0.3, -0.25) is 4.79 Å². The first kappa shape index (κ1) is 17.0. The van der Waals surface area contributed by atoms with Gasteiger partial charge in [-0.15, -0.1) is 12.4 Å². The summed E-state index contributed by atoms with van der Waals surface area (Å²) in [6.07, 6.45) is 1.42. The SMILES string of the molecule is Cc1cccc(CNC(=O)C2(CN)CCOCC2)c1.Cl. The summed E-state index contributed by atoms with van der Waals surface area (Å²) in [5.41, 5.74) is 7.69. The van der Waals surface area contributed by atoms with E-state index in [0.717, 1.165) is 5.56 Å². The van der Waals surface area contributed by atoms with Gasteiger partial charge < -0.3 is 15.8 Å². The van der Waals surface area contributed by atoms with Gasteiger partial charge in [0.2, 0.25) is 5.91 Å². The van der Waals surface area contributed by atoms with E-state index in [4.69, 9.17) is 10.5 Å². The normalized spacial score (nSPS) is 17.1. The van der Waals surface area contributed by atoms with E-state index in [9.17, 15) is 4.79 Å².